The molecular weight excluding hydrogens is 351 g/mol. The zero-order valence-corrected chi connectivity index (χ0v) is 14.7. The van der Waals surface area contributed by atoms with Gasteiger partial charge in [-0.1, -0.05) is 0 Å². The minimum absolute atomic E-state index is 0.193. The van der Waals surface area contributed by atoms with Gasteiger partial charge in [-0.15, -0.1) is 11.3 Å². The van der Waals surface area contributed by atoms with E-state index in [4.69, 9.17) is 0 Å². The maximum Gasteiger partial charge on any atom is 0.265 e. The molecule has 128 valence electrons. The van der Waals surface area contributed by atoms with Crippen molar-refractivity contribution in [3.63, 3.8) is 0 Å². The molecule has 0 bridgehead atoms. The molecule has 1 saturated heterocycles. The van der Waals surface area contributed by atoms with Crippen LogP contribution in [0.3, 0.4) is 0 Å². The van der Waals surface area contributed by atoms with Gasteiger partial charge in [-0.05, 0) is 50.1 Å². The summed E-state index contributed by atoms with van der Waals surface area (Å²) >= 11 is 1.14. The molecular formula is C16H17FN2O3S2. The zero-order chi connectivity index (χ0) is 17.3. The Morgan fingerprint density at radius 1 is 1.21 bits per heavy atom. The first-order chi connectivity index (χ1) is 11.4. The molecule has 0 spiro atoms. The highest BCUT2D eigenvalue weighted by molar-refractivity contribution is 7.89. The standard InChI is InChI=1S/C16H17FN2O3S2/c1-11-15(24(21,22)19-8-2-3-9-19)10-14(23-11)16(20)18-13-6-4-12(17)5-7-13/h4-7,10H,2-3,8-9H2,1H3,(H,18,20). The first-order valence-corrected chi connectivity index (χ1v) is 9.81. The van der Waals surface area contributed by atoms with Gasteiger partial charge in [0.2, 0.25) is 10.0 Å². The lowest BCUT2D eigenvalue weighted by Crippen LogP contribution is -2.28. The van der Waals surface area contributed by atoms with Gasteiger partial charge in [-0.3, -0.25) is 4.79 Å². The molecule has 5 nitrogen and oxygen atoms in total. The molecule has 1 fully saturated rings. The Bertz CT molecular complexity index is 854. The van der Waals surface area contributed by atoms with E-state index in [1.807, 2.05) is 0 Å². The fourth-order valence-electron chi connectivity index (χ4n) is 2.63. The van der Waals surface area contributed by atoms with Crippen LogP contribution in [0.4, 0.5) is 10.1 Å². The number of nitrogens with zero attached hydrogens (tertiary/aromatic N) is 1. The summed E-state index contributed by atoms with van der Waals surface area (Å²) in [7, 11) is -3.55. The average molecular weight is 368 g/mol. The molecule has 3 rings (SSSR count). The average Bonchev–Trinajstić information content (AvgIpc) is 3.19. The fourth-order valence-corrected chi connectivity index (χ4v) is 5.60. The molecule has 1 aliphatic rings. The number of aryl methyl sites for hydroxylation is 1. The minimum Gasteiger partial charge on any atom is -0.321 e. The zero-order valence-electron chi connectivity index (χ0n) is 13.1. The van der Waals surface area contributed by atoms with Gasteiger partial charge in [0.05, 0.1) is 9.77 Å². The van der Waals surface area contributed by atoms with E-state index in [2.05, 4.69) is 5.32 Å². The summed E-state index contributed by atoms with van der Waals surface area (Å²) in [5.74, 6) is -0.795. The molecule has 1 aromatic heterocycles. The lowest BCUT2D eigenvalue weighted by molar-refractivity contribution is 0.103. The van der Waals surface area contributed by atoms with E-state index in [9.17, 15) is 17.6 Å². The molecule has 1 aromatic carbocycles. The third-order valence-electron chi connectivity index (χ3n) is 3.88. The van der Waals surface area contributed by atoms with Crippen molar-refractivity contribution in [2.75, 3.05) is 18.4 Å². The van der Waals surface area contributed by atoms with Crippen molar-refractivity contribution in [2.24, 2.45) is 0 Å². The number of nitrogens with one attached hydrogen (secondary N) is 1. The molecule has 0 atom stereocenters. The highest BCUT2D eigenvalue weighted by Gasteiger charge is 2.30. The van der Waals surface area contributed by atoms with Crippen molar-refractivity contribution in [1.29, 1.82) is 0 Å². The lowest BCUT2D eigenvalue weighted by Gasteiger charge is -2.14. The van der Waals surface area contributed by atoms with Gasteiger partial charge in [-0.25, -0.2) is 12.8 Å². The van der Waals surface area contributed by atoms with Crippen LogP contribution < -0.4 is 5.32 Å². The third kappa shape index (κ3) is 3.35. The van der Waals surface area contributed by atoms with E-state index < -0.39 is 15.9 Å². The maximum absolute atomic E-state index is 12.9. The largest absolute Gasteiger partial charge is 0.321 e. The van der Waals surface area contributed by atoms with Gasteiger partial charge in [0.15, 0.2) is 0 Å². The maximum atomic E-state index is 12.9. The smallest absolute Gasteiger partial charge is 0.265 e. The van der Waals surface area contributed by atoms with Gasteiger partial charge < -0.3 is 5.32 Å². The number of anilines is 1. The van der Waals surface area contributed by atoms with Crippen LogP contribution in [-0.4, -0.2) is 31.7 Å². The number of carbonyl (C=O) groups excluding carboxylic acids is 1. The van der Waals surface area contributed by atoms with Crippen molar-refractivity contribution in [1.82, 2.24) is 4.31 Å². The van der Waals surface area contributed by atoms with Gasteiger partial charge in [0, 0.05) is 23.7 Å². The molecule has 1 aliphatic heterocycles. The van der Waals surface area contributed by atoms with E-state index in [0.717, 1.165) is 24.2 Å². The Labute approximate surface area is 144 Å². The third-order valence-corrected chi connectivity index (χ3v) is 7.08. The van der Waals surface area contributed by atoms with Crippen molar-refractivity contribution >= 4 is 33.0 Å². The molecule has 2 heterocycles. The summed E-state index contributed by atoms with van der Waals surface area (Å²) in [6.07, 6.45) is 1.72. The highest BCUT2D eigenvalue weighted by Crippen LogP contribution is 2.30. The van der Waals surface area contributed by atoms with E-state index in [1.165, 1.54) is 34.6 Å². The number of hydrogen-bond donors (Lipinski definition) is 1. The number of rotatable bonds is 4. The molecule has 0 aliphatic carbocycles. The number of hydrogen-bond acceptors (Lipinski definition) is 4. The molecule has 8 heteroatoms. The lowest BCUT2D eigenvalue weighted by atomic mass is 10.3. The first-order valence-electron chi connectivity index (χ1n) is 7.55. The van der Waals surface area contributed by atoms with Crippen LogP contribution >= 0.6 is 11.3 Å². The Morgan fingerprint density at radius 3 is 2.46 bits per heavy atom. The Kier molecular flexibility index (Phi) is 4.71. The van der Waals surface area contributed by atoms with Crippen molar-refractivity contribution in [3.05, 3.63) is 45.9 Å². The molecule has 1 amide bonds. The second-order valence-electron chi connectivity index (χ2n) is 5.60. The minimum atomic E-state index is -3.55. The van der Waals surface area contributed by atoms with E-state index >= 15 is 0 Å². The number of thiophene rings is 1. The highest BCUT2D eigenvalue weighted by atomic mass is 32.2. The number of amides is 1. The molecule has 0 unspecified atom stereocenters. The monoisotopic (exact) mass is 368 g/mol. The topological polar surface area (TPSA) is 66.5 Å². The van der Waals surface area contributed by atoms with E-state index in [0.29, 0.717) is 28.5 Å². The quantitative estimate of drug-likeness (QED) is 0.901. The summed E-state index contributed by atoms with van der Waals surface area (Å²) < 4.78 is 39.7. The number of benzene rings is 1. The SMILES string of the molecule is Cc1sc(C(=O)Nc2ccc(F)cc2)cc1S(=O)(=O)N1CCCC1. The van der Waals surface area contributed by atoms with Gasteiger partial charge in [0.1, 0.15) is 5.82 Å². The van der Waals surface area contributed by atoms with Crippen molar-refractivity contribution < 1.29 is 17.6 Å². The predicted molar refractivity (Wildman–Crippen MR) is 91.4 cm³/mol. The summed E-state index contributed by atoms with van der Waals surface area (Å²) in [6, 6.07) is 6.83. The Hall–Kier alpha value is -1.77. The summed E-state index contributed by atoms with van der Waals surface area (Å²) in [5.41, 5.74) is 0.455. The molecule has 2 aromatic rings. The Balaban J connectivity index is 1.83. The van der Waals surface area contributed by atoms with E-state index in [-0.39, 0.29) is 10.7 Å². The summed E-state index contributed by atoms with van der Waals surface area (Å²) in [5, 5.41) is 2.64. The van der Waals surface area contributed by atoms with Crippen LogP contribution in [0.5, 0.6) is 0 Å². The second kappa shape index (κ2) is 6.62. The normalized spacial score (nSPS) is 15.6. The molecule has 24 heavy (non-hydrogen) atoms. The van der Waals surface area contributed by atoms with Crippen LogP contribution in [-0.2, 0) is 10.0 Å². The van der Waals surface area contributed by atoms with Crippen LogP contribution in [0.25, 0.3) is 0 Å². The fraction of sp³-hybridized carbons (Fsp3) is 0.312. The van der Waals surface area contributed by atoms with Gasteiger partial charge >= 0.3 is 0 Å². The molecule has 0 radical (unpaired) electrons. The van der Waals surface area contributed by atoms with Crippen LogP contribution in [0.15, 0.2) is 35.2 Å². The second-order valence-corrected chi connectivity index (χ2v) is 8.77. The summed E-state index contributed by atoms with van der Waals surface area (Å²) in [4.78, 5) is 13.4. The van der Waals surface area contributed by atoms with Gasteiger partial charge in [-0.2, -0.15) is 4.31 Å². The molecule has 1 N–H and O–H groups in total. The molecule has 0 saturated carbocycles. The van der Waals surface area contributed by atoms with Gasteiger partial charge in [0.25, 0.3) is 5.91 Å². The van der Waals surface area contributed by atoms with Crippen LogP contribution in [0.1, 0.15) is 27.4 Å². The number of carbonyl (C=O) groups is 1. The van der Waals surface area contributed by atoms with Crippen LogP contribution in [0.2, 0.25) is 0 Å². The van der Waals surface area contributed by atoms with Crippen molar-refractivity contribution in [3.8, 4) is 0 Å². The van der Waals surface area contributed by atoms with Crippen molar-refractivity contribution in [2.45, 2.75) is 24.7 Å². The predicted octanol–water partition coefficient (Wildman–Crippen LogP) is 3.23. The number of halogens is 1. The van der Waals surface area contributed by atoms with E-state index in [1.54, 1.807) is 6.92 Å². The van der Waals surface area contributed by atoms with Crippen LogP contribution in [0, 0.1) is 12.7 Å². The number of sulfonamides is 1. The first kappa shape index (κ1) is 17.1. The Morgan fingerprint density at radius 2 is 1.83 bits per heavy atom. The summed E-state index contributed by atoms with van der Waals surface area (Å²) in [6.45, 7) is 2.74.